The molecular formula is C14H21N3S. The number of nitrogens with one attached hydrogen (secondary N) is 1. The predicted molar refractivity (Wildman–Crippen MR) is 78.9 cm³/mol. The Labute approximate surface area is 114 Å². The normalized spacial score (nSPS) is 12.2. The van der Waals surface area contributed by atoms with Crippen LogP contribution in [0.2, 0.25) is 0 Å². The molecule has 3 nitrogen and oxygen atoms in total. The molecule has 0 aromatic heterocycles. The molecule has 0 aliphatic heterocycles. The minimum Gasteiger partial charge on any atom is -0.380 e. The van der Waals surface area contributed by atoms with Gasteiger partial charge in [0.1, 0.15) is 6.07 Å². The third-order valence-corrected chi connectivity index (χ3v) is 3.78. The van der Waals surface area contributed by atoms with Gasteiger partial charge in [-0.25, -0.2) is 0 Å². The van der Waals surface area contributed by atoms with E-state index in [1.54, 1.807) is 11.8 Å². The Morgan fingerprint density at radius 1 is 1.44 bits per heavy atom. The number of rotatable bonds is 6. The Morgan fingerprint density at radius 3 is 2.67 bits per heavy atom. The van der Waals surface area contributed by atoms with E-state index >= 15 is 0 Å². The Balaban J connectivity index is 3.02. The molecule has 0 saturated carbocycles. The maximum absolute atomic E-state index is 9.32. The number of nitrogens with zero attached hydrogens (tertiary/aromatic N) is 1. The second kappa shape index (κ2) is 7.30. The van der Waals surface area contributed by atoms with Crippen LogP contribution < -0.4 is 11.1 Å². The zero-order chi connectivity index (χ0) is 13.5. The van der Waals surface area contributed by atoms with Crippen molar-refractivity contribution in [2.45, 2.75) is 31.7 Å². The largest absolute Gasteiger partial charge is 0.380 e. The van der Waals surface area contributed by atoms with E-state index in [-0.39, 0.29) is 6.04 Å². The first-order chi connectivity index (χ1) is 8.63. The van der Waals surface area contributed by atoms with E-state index in [2.05, 4.69) is 32.2 Å². The molecule has 18 heavy (non-hydrogen) atoms. The predicted octanol–water partition coefficient (Wildman–Crippen LogP) is 3.07. The first-order valence-electron chi connectivity index (χ1n) is 6.26. The Hall–Kier alpha value is -1.18. The molecule has 0 fully saturated rings. The van der Waals surface area contributed by atoms with Crippen LogP contribution in [0, 0.1) is 17.2 Å². The summed E-state index contributed by atoms with van der Waals surface area (Å²) in [6.07, 6.45) is 0. The molecule has 0 aliphatic carbocycles. The number of anilines is 1. The van der Waals surface area contributed by atoms with E-state index < -0.39 is 0 Å². The van der Waals surface area contributed by atoms with Gasteiger partial charge in [0.25, 0.3) is 0 Å². The highest BCUT2D eigenvalue weighted by Gasteiger charge is 2.14. The fourth-order valence-electron chi connectivity index (χ4n) is 1.74. The van der Waals surface area contributed by atoms with Crippen LogP contribution in [0.3, 0.4) is 0 Å². The van der Waals surface area contributed by atoms with Gasteiger partial charge in [-0.05, 0) is 23.8 Å². The van der Waals surface area contributed by atoms with Crippen molar-refractivity contribution < 1.29 is 0 Å². The van der Waals surface area contributed by atoms with E-state index in [1.807, 2.05) is 18.2 Å². The first-order valence-corrected chi connectivity index (χ1v) is 7.25. The summed E-state index contributed by atoms with van der Waals surface area (Å²) in [6.45, 7) is 6.90. The summed E-state index contributed by atoms with van der Waals surface area (Å²) in [4.78, 5) is 1.03. The van der Waals surface area contributed by atoms with Crippen LogP contribution in [0.25, 0.3) is 0 Å². The van der Waals surface area contributed by atoms with E-state index in [9.17, 15) is 5.26 Å². The maximum Gasteiger partial charge on any atom is 0.102 e. The van der Waals surface area contributed by atoms with Crippen molar-refractivity contribution in [2.24, 2.45) is 11.7 Å². The van der Waals surface area contributed by atoms with Gasteiger partial charge in [0, 0.05) is 17.5 Å². The van der Waals surface area contributed by atoms with Gasteiger partial charge in [0.05, 0.1) is 11.3 Å². The van der Waals surface area contributed by atoms with Gasteiger partial charge in [-0.2, -0.15) is 5.26 Å². The van der Waals surface area contributed by atoms with Crippen LogP contribution in [0.1, 0.15) is 26.3 Å². The second-order valence-electron chi connectivity index (χ2n) is 4.45. The first kappa shape index (κ1) is 14.9. The zero-order valence-electron chi connectivity index (χ0n) is 11.2. The highest BCUT2D eigenvalue weighted by Crippen LogP contribution is 2.28. The van der Waals surface area contributed by atoms with E-state index in [0.717, 1.165) is 21.9 Å². The van der Waals surface area contributed by atoms with Gasteiger partial charge in [0.15, 0.2) is 0 Å². The smallest absolute Gasteiger partial charge is 0.102 e. The molecule has 1 atom stereocenters. The van der Waals surface area contributed by atoms with Gasteiger partial charge in [-0.1, -0.05) is 26.8 Å². The quantitative estimate of drug-likeness (QED) is 0.774. The minimum absolute atomic E-state index is 0.193. The van der Waals surface area contributed by atoms with Crippen LogP contribution in [-0.4, -0.2) is 18.3 Å². The number of hydrogen-bond acceptors (Lipinski definition) is 4. The summed E-state index contributed by atoms with van der Waals surface area (Å²) in [5.74, 6) is 1.40. The van der Waals surface area contributed by atoms with Crippen molar-refractivity contribution in [3.8, 4) is 6.07 Å². The van der Waals surface area contributed by atoms with Crippen molar-refractivity contribution in [1.29, 1.82) is 5.26 Å². The molecule has 1 aromatic carbocycles. The Morgan fingerprint density at radius 2 is 2.17 bits per heavy atom. The summed E-state index contributed by atoms with van der Waals surface area (Å²) >= 11 is 1.69. The van der Waals surface area contributed by atoms with Crippen LogP contribution in [0.5, 0.6) is 0 Å². The van der Waals surface area contributed by atoms with Gasteiger partial charge in [0.2, 0.25) is 0 Å². The van der Waals surface area contributed by atoms with Crippen LogP contribution in [0.4, 0.5) is 5.69 Å². The maximum atomic E-state index is 9.32. The van der Waals surface area contributed by atoms with E-state index in [1.165, 1.54) is 0 Å². The van der Waals surface area contributed by atoms with Gasteiger partial charge >= 0.3 is 0 Å². The molecule has 0 bridgehead atoms. The summed E-state index contributed by atoms with van der Waals surface area (Å²) in [6, 6.07) is 8.41. The molecule has 0 saturated heterocycles. The molecule has 0 aliphatic rings. The number of nitrogens with two attached hydrogens (primary N) is 1. The average Bonchev–Trinajstić information content (AvgIpc) is 2.36. The Kier molecular flexibility index (Phi) is 6.03. The lowest BCUT2D eigenvalue weighted by molar-refractivity contribution is 0.531. The van der Waals surface area contributed by atoms with E-state index in [0.29, 0.717) is 12.5 Å². The Bertz CT molecular complexity index is 424. The second-order valence-corrected chi connectivity index (χ2v) is 5.76. The fourth-order valence-corrected chi connectivity index (χ4v) is 2.53. The van der Waals surface area contributed by atoms with Crippen LogP contribution in [0.15, 0.2) is 23.1 Å². The number of thioether (sulfide) groups is 1. The molecule has 3 N–H and O–H groups in total. The van der Waals surface area contributed by atoms with Gasteiger partial charge < -0.3 is 11.1 Å². The lowest BCUT2D eigenvalue weighted by Gasteiger charge is -2.23. The molecular weight excluding hydrogens is 242 g/mol. The third kappa shape index (κ3) is 3.66. The highest BCUT2D eigenvalue weighted by molar-refractivity contribution is 7.99. The highest BCUT2D eigenvalue weighted by atomic mass is 32.2. The number of hydrogen-bond donors (Lipinski definition) is 2. The summed E-state index contributed by atoms with van der Waals surface area (Å²) in [7, 11) is 0. The molecule has 98 valence electrons. The molecule has 0 heterocycles. The van der Waals surface area contributed by atoms with Crippen molar-refractivity contribution in [1.82, 2.24) is 0 Å². The lowest BCUT2D eigenvalue weighted by Crippen LogP contribution is -2.34. The fraction of sp³-hybridized carbons (Fsp3) is 0.500. The molecule has 1 aromatic rings. The van der Waals surface area contributed by atoms with E-state index in [4.69, 9.17) is 5.73 Å². The SMILES string of the molecule is CCSc1cccc(NC(CN)C(C)C)c1C#N. The van der Waals surface area contributed by atoms with Crippen molar-refractivity contribution >= 4 is 17.4 Å². The minimum atomic E-state index is 0.193. The average molecular weight is 263 g/mol. The summed E-state index contributed by atoms with van der Waals surface area (Å²) < 4.78 is 0. The van der Waals surface area contributed by atoms with Crippen LogP contribution >= 0.6 is 11.8 Å². The molecule has 0 radical (unpaired) electrons. The molecule has 0 amide bonds. The number of benzene rings is 1. The van der Waals surface area contributed by atoms with Crippen molar-refractivity contribution in [2.75, 3.05) is 17.6 Å². The van der Waals surface area contributed by atoms with Crippen molar-refractivity contribution in [3.05, 3.63) is 23.8 Å². The molecule has 4 heteroatoms. The molecule has 1 unspecified atom stereocenters. The summed E-state index contributed by atoms with van der Waals surface area (Å²) in [5.41, 5.74) is 7.37. The zero-order valence-corrected chi connectivity index (χ0v) is 12.1. The summed E-state index contributed by atoms with van der Waals surface area (Å²) in [5, 5.41) is 12.7. The monoisotopic (exact) mass is 263 g/mol. The van der Waals surface area contributed by atoms with Crippen molar-refractivity contribution in [3.63, 3.8) is 0 Å². The number of nitriles is 1. The van der Waals surface area contributed by atoms with Crippen LogP contribution in [-0.2, 0) is 0 Å². The van der Waals surface area contributed by atoms with Gasteiger partial charge in [-0.15, -0.1) is 11.8 Å². The topological polar surface area (TPSA) is 61.8 Å². The molecule has 0 spiro atoms. The third-order valence-electron chi connectivity index (χ3n) is 2.84. The van der Waals surface area contributed by atoms with Gasteiger partial charge in [-0.3, -0.25) is 0 Å². The standard InChI is InChI=1S/C14H21N3S/c1-4-18-14-7-5-6-12(11(14)8-15)17-13(9-16)10(2)3/h5-7,10,13,17H,4,9,16H2,1-3H3. The molecule has 1 rings (SSSR count). The lowest BCUT2D eigenvalue weighted by atomic mass is 10.0.